The highest BCUT2D eigenvalue weighted by atomic mass is 35.5. The van der Waals surface area contributed by atoms with Crippen molar-refractivity contribution in [2.24, 2.45) is 0 Å². The van der Waals surface area contributed by atoms with Crippen molar-refractivity contribution in [3.05, 3.63) is 35.2 Å². The number of carbonyl (C=O) groups excluding carboxylic acids is 2. The number of amides is 3. The minimum atomic E-state index is -0.136. The third-order valence-corrected chi connectivity index (χ3v) is 4.97. The Labute approximate surface area is 144 Å². The summed E-state index contributed by atoms with van der Waals surface area (Å²) in [4.78, 5) is 32.7. The van der Waals surface area contributed by atoms with Crippen LogP contribution in [0.3, 0.4) is 0 Å². The second-order valence-corrected chi connectivity index (χ2v) is 6.51. The first kappa shape index (κ1) is 15.3. The summed E-state index contributed by atoms with van der Waals surface area (Å²) in [5.41, 5.74) is 1.04. The molecule has 4 rings (SSSR count). The maximum absolute atomic E-state index is 13.0. The zero-order chi connectivity index (χ0) is 16.7. The Hall–Kier alpha value is -2.28. The third-order valence-electron chi connectivity index (χ3n) is 4.70. The van der Waals surface area contributed by atoms with E-state index in [4.69, 9.17) is 11.6 Å². The number of hydrogen-bond donors (Lipinski definition) is 1. The number of carbonyl (C=O) groups is 2. The van der Waals surface area contributed by atoms with E-state index >= 15 is 0 Å². The molecule has 0 spiro atoms. The molecule has 4 heterocycles. The van der Waals surface area contributed by atoms with Gasteiger partial charge in [0.25, 0.3) is 5.91 Å². The predicted molar refractivity (Wildman–Crippen MR) is 89.2 cm³/mol. The number of nitrogens with zero attached hydrogens (tertiary/aromatic N) is 4. The first-order valence-corrected chi connectivity index (χ1v) is 8.49. The van der Waals surface area contributed by atoms with Crippen LogP contribution in [0.4, 0.5) is 4.79 Å². The van der Waals surface area contributed by atoms with Crippen molar-refractivity contribution in [2.45, 2.75) is 18.9 Å². The molecule has 2 aromatic heterocycles. The van der Waals surface area contributed by atoms with Crippen molar-refractivity contribution in [1.29, 1.82) is 0 Å². The largest absolute Gasteiger partial charge is 0.336 e. The SMILES string of the molecule is O=C(c1c(Cl)nc2ccccn12)N1CCCC(N2CCNC2=O)C1. The van der Waals surface area contributed by atoms with Crippen LogP contribution in [0.25, 0.3) is 5.65 Å². The number of aromatic nitrogens is 2. The quantitative estimate of drug-likeness (QED) is 0.897. The smallest absolute Gasteiger partial charge is 0.317 e. The number of nitrogens with one attached hydrogen (secondary N) is 1. The average Bonchev–Trinajstić information content (AvgIpc) is 3.16. The van der Waals surface area contributed by atoms with Crippen molar-refractivity contribution in [3.8, 4) is 0 Å². The van der Waals surface area contributed by atoms with Crippen molar-refractivity contribution in [1.82, 2.24) is 24.5 Å². The molecule has 1 N–H and O–H groups in total. The van der Waals surface area contributed by atoms with Gasteiger partial charge in [0.1, 0.15) is 5.65 Å². The van der Waals surface area contributed by atoms with Gasteiger partial charge in [-0.25, -0.2) is 9.78 Å². The highest BCUT2D eigenvalue weighted by molar-refractivity contribution is 6.32. The van der Waals surface area contributed by atoms with Crippen LogP contribution in [-0.4, -0.2) is 63.3 Å². The normalized spacial score (nSPS) is 21.4. The van der Waals surface area contributed by atoms with Gasteiger partial charge in [-0.2, -0.15) is 0 Å². The lowest BCUT2D eigenvalue weighted by molar-refractivity contribution is 0.0628. The van der Waals surface area contributed by atoms with Gasteiger partial charge in [-0.05, 0) is 25.0 Å². The standard InChI is InChI=1S/C16H18ClN5O2/c17-14-13(22-8-2-1-5-12(22)19-14)15(23)20-7-3-4-11(10-20)21-9-6-18-16(21)24/h1-2,5,8,11H,3-4,6-7,9-10H2,(H,18,24). The monoisotopic (exact) mass is 347 g/mol. The van der Waals surface area contributed by atoms with Gasteiger partial charge in [0.2, 0.25) is 0 Å². The van der Waals surface area contributed by atoms with Gasteiger partial charge < -0.3 is 15.1 Å². The van der Waals surface area contributed by atoms with E-state index in [1.807, 2.05) is 23.1 Å². The van der Waals surface area contributed by atoms with E-state index in [1.165, 1.54) is 0 Å². The topological polar surface area (TPSA) is 70.0 Å². The summed E-state index contributed by atoms with van der Waals surface area (Å²) >= 11 is 6.21. The van der Waals surface area contributed by atoms with Crippen LogP contribution in [0.2, 0.25) is 5.15 Å². The maximum atomic E-state index is 13.0. The number of halogens is 1. The molecule has 8 heteroatoms. The number of imidazole rings is 1. The first-order chi connectivity index (χ1) is 11.6. The predicted octanol–water partition coefficient (Wildman–Crippen LogP) is 1.62. The molecule has 1 atom stereocenters. The molecule has 0 aliphatic carbocycles. The lowest BCUT2D eigenvalue weighted by atomic mass is 10.0. The fraction of sp³-hybridized carbons (Fsp3) is 0.438. The summed E-state index contributed by atoms with van der Waals surface area (Å²) in [6, 6.07) is 5.53. The first-order valence-electron chi connectivity index (χ1n) is 8.11. The van der Waals surface area contributed by atoms with Crippen LogP contribution in [0.15, 0.2) is 24.4 Å². The molecule has 3 amide bonds. The molecule has 2 fully saturated rings. The zero-order valence-electron chi connectivity index (χ0n) is 13.1. The lowest BCUT2D eigenvalue weighted by Gasteiger charge is -2.36. The van der Waals surface area contributed by atoms with Gasteiger partial charge in [-0.1, -0.05) is 17.7 Å². The number of piperidine rings is 1. The van der Waals surface area contributed by atoms with E-state index in [9.17, 15) is 9.59 Å². The molecule has 0 aromatic carbocycles. The number of hydrogen-bond acceptors (Lipinski definition) is 3. The minimum absolute atomic E-state index is 0.0397. The molecule has 0 saturated carbocycles. The Morgan fingerprint density at radius 3 is 3.00 bits per heavy atom. The van der Waals surface area contributed by atoms with Crippen LogP contribution in [0.5, 0.6) is 0 Å². The van der Waals surface area contributed by atoms with Crippen molar-refractivity contribution >= 4 is 29.2 Å². The molecular weight excluding hydrogens is 330 g/mol. The summed E-state index contributed by atoms with van der Waals surface area (Å²) in [7, 11) is 0. The highest BCUT2D eigenvalue weighted by Crippen LogP contribution is 2.23. The maximum Gasteiger partial charge on any atom is 0.317 e. The molecule has 0 bridgehead atoms. The molecular formula is C16H18ClN5O2. The van der Waals surface area contributed by atoms with Crippen LogP contribution >= 0.6 is 11.6 Å². The molecule has 126 valence electrons. The summed E-state index contributed by atoms with van der Waals surface area (Å²) in [5, 5.41) is 3.04. The Morgan fingerprint density at radius 1 is 1.33 bits per heavy atom. The Bertz CT molecular complexity index is 805. The summed E-state index contributed by atoms with van der Waals surface area (Å²) in [6.07, 6.45) is 3.57. The van der Waals surface area contributed by atoms with Gasteiger partial charge in [0, 0.05) is 32.4 Å². The highest BCUT2D eigenvalue weighted by Gasteiger charge is 2.34. The molecule has 2 saturated heterocycles. The summed E-state index contributed by atoms with van der Waals surface area (Å²) in [6.45, 7) is 2.56. The summed E-state index contributed by atoms with van der Waals surface area (Å²) < 4.78 is 1.72. The van der Waals surface area contributed by atoms with Crippen LogP contribution in [0.1, 0.15) is 23.3 Å². The average molecular weight is 348 g/mol. The Balaban J connectivity index is 1.59. The van der Waals surface area contributed by atoms with E-state index in [0.717, 1.165) is 12.8 Å². The molecule has 2 aliphatic rings. The van der Waals surface area contributed by atoms with Gasteiger partial charge in [-0.3, -0.25) is 9.20 Å². The van der Waals surface area contributed by atoms with E-state index in [0.29, 0.717) is 37.5 Å². The molecule has 0 radical (unpaired) electrons. The van der Waals surface area contributed by atoms with Crippen molar-refractivity contribution in [3.63, 3.8) is 0 Å². The van der Waals surface area contributed by atoms with Crippen LogP contribution < -0.4 is 5.32 Å². The lowest BCUT2D eigenvalue weighted by Crippen LogP contribution is -2.50. The number of likely N-dealkylation sites (tertiary alicyclic amines) is 1. The van der Waals surface area contributed by atoms with Gasteiger partial charge in [-0.15, -0.1) is 0 Å². The van der Waals surface area contributed by atoms with Crippen LogP contribution in [-0.2, 0) is 0 Å². The molecule has 24 heavy (non-hydrogen) atoms. The molecule has 1 unspecified atom stereocenters. The van der Waals surface area contributed by atoms with Crippen molar-refractivity contribution < 1.29 is 9.59 Å². The number of urea groups is 1. The van der Waals surface area contributed by atoms with Crippen molar-refractivity contribution in [2.75, 3.05) is 26.2 Å². The van der Waals surface area contributed by atoms with E-state index in [2.05, 4.69) is 10.3 Å². The number of fused-ring (bicyclic) bond motifs is 1. The molecule has 2 aliphatic heterocycles. The fourth-order valence-corrected chi connectivity index (χ4v) is 3.80. The van der Waals surface area contributed by atoms with E-state index in [1.54, 1.807) is 15.5 Å². The fourth-order valence-electron chi connectivity index (χ4n) is 3.54. The van der Waals surface area contributed by atoms with Crippen LogP contribution in [0, 0.1) is 0 Å². The summed E-state index contributed by atoms with van der Waals surface area (Å²) in [5.74, 6) is -0.136. The Kier molecular flexibility index (Phi) is 3.80. The van der Waals surface area contributed by atoms with E-state index < -0.39 is 0 Å². The Morgan fingerprint density at radius 2 is 2.21 bits per heavy atom. The van der Waals surface area contributed by atoms with E-state index in [-0.39, 0.29) is 23.1 Å². The van der Waals surface area contributed by atoms with Gasteiger partial charge in [0.05, 0.1) is 6.04 Å². The second-order valence-electron chi connectivity index (χ2n) is 6.15. The second kappa shape index (κ2) is 5.98. The molecule has 7 nitrogen and oxygen atoms in total. The molecule has 2 aromatic rings. The number of rotatable bonds is 2. The zero-order valence-corrected chi connectivity index (χ0v) is 13.9. The van der Waals surface area contributed by atoms with Gasteiger partial charge >= 0.3 is 6.03 Å². The van der Waals surface area contributed by atoms with Gasteiger partial charge in [0.15, 0.2) is 10.8 Å². The minimum Gasteiger partial charge on any atom is -0.336 e. The number of pyridine rings is 1. The third kappa shape index (κ3) is 2.49.